The summed E-state index contributed by atoms with van der Waals surface area (Å²) in [5.41, 5.74) is 7.86. The molecule has 3 aromatic rings. The van der Waals surface area contributed by atoms with Crippen molar-refractivity contribution in [2.45, 2.75) is 0 Å². The number of hydrogen-bond donors (Lipinski definition) is 1. The second-order valence-corrected chi connectivity index (χ2v) is 4.57. The molecule has 2 aromatic carbocycles. The van der Waals surface area contributed by atoms with Crippen molar-refractivity contribution >= 4 is 16.9 Å². The molecule has 0 bridgehead atoms. The summed E-state index contributed by atoms with van der Waals surface area (Å²) in [6, 6.07) is 11.3. The third kappa shape index (κ3) is 1.93. The van der Waals surface area contributed by atoms with E-state index in [1.54, 1.807) is 30.3 Å². The molecule has 4 nitrogen and oxygen atoms in total. The SMILES string of the molecule is Cn1c(-c2cccc(F)c2)nc2cc(C(N)=O)ccc21. The zero-order chi connectivity index (χ0) is 14.3. The lowest BCUT2D eigenvalue weighted by Crippen LogP contribution is -2.10. The van der Waals surface area contributed by atoms with Crippen LogP contribution in [0.25, 0.3) is 22.4 Å². The topological polar surface area (TPSA) is 60.9 Å². The normalized spacial score (nSPS) is 10.9. The minimum atomic E-state index is -0.496. The molecule has 0 radical (unpaired) electrons. The zero-order valence-corrected chi connectivity index (χ0v) is 10.8. The van der Waals surface area contributed by atoms with Crippen LogP contribution in [0.4, 0.5) is 4.39 Å². The molecule has 0 aliphatic carbocycles. The van der Waals surface area contributed by atoms with E-state index in [0.717, 1.165) is 5.52 Å². The number of nitrogens with zero attached hydrogens (tertiary/aromatic N) is 2. The van der Waals surface area contributed by atoms with E-state index >= 15 is 0 Å². The number of aromatic nitrogens is 2. The van der Waals surface area contributed by atoms with Crippen LogP contribution in [0, 0.1) is 5.82 Å². The minimum Gasteiger partial charge on any atom is -0.366 e. The van der Waals surface area contributed by atoms with Gasteiger partial charge in [0.05, 0.1) is 11.0 Å². The molecule has 100 valence electrons. The Kier molecular flexibility index (Phi) is 2.75. The number of carbonyl (C=O) groups is 1. The smallest absolute Gasteiger partial charge is 0.248 e. The number of hydrogen-bond acceptors (Lipinski definition) is 2. The highest BCUT2D eigenvalue weighted by molar-refractivity contribution is 5.96. The summed E-state index contributed by atoms with van der Waals surface area (Å²) in [5.74, 6) is -0.168. The van der Waals surface area contributed by atoms with Gasteiger partial charge in [-0.25, -0.2) is 9.37 Å². The van der Waals surface area contributed by atoms with Crippen molar-refractivity contribution in [3.8, 4) is 11.4 Å². The Morgan fingerprint density at radius 1 is 1.25 bits per heavy atom. The van der Waals surface area contributed by atoms with Crippen LogP contribution in [-0.4, -0.2) is 15.5 Å². The molecule has 1 heterocycles. The summed E-state index contributed by atoms with van der Waals surface area (Å²) in [4.78, 5) is 15.6. The summed E-state index contributed by atoms with van der Waals surface area (Å²) < 4.78 is 15.2. The number of rotatable bonds is 2. The van der Waals surface area contributed by atoms with Gasteiger partial charge >= 0.3 is 0 Å². The second-order valence-electron chi connectivity index (χ2n) is 4.57. The quantitative estimate of drug-likeness (QED) is 0.777. The summed E-state index contributed by atoms with van der Waals surface area (Å²) in [6.07, 6.45) is 0. The van der Waals surface area contributed by atoms with E-state index in [9.17, 15) is 9.18 Å². The molecular formula is C15H12FN3O. The number of halogens is 1. The maximum absolute atomic E-state index is 13.3. The summed E-state index contributed by atoms with van der Waals surface area (Å²) in [7, 11) is 1.85. The number of amides is 1. The summed E-state index contributed by atoms with van der Waals surface area (Å²) in [6.45, 7) is 0. The standard InChI is InChI=1S/C15H12FN3O/c1-19-13-6-5-9(14(17)20)8-12(13)18-15(19)10-3-2-4-11(16)7-10/h2-8H,1H3,(H2,17,20). The minimum absolute atomic E-state index is 0.313. The molecule has 20 heavy (non-hydrogen) atoms. The van der Waals surface area contributed by atoms with E-state index in [4.69, 9.17) is 5.73 Å². The van der Waals surface area contributed by atoms with Crippen LogP contribution in [0.15, 0.2) is 42.5 Å². The van der Waals surface area contributed by atoms with Gasteiger partial charge in [0, 0.05) is 18.2 Å². The summed E-state index contributed by atoms with van der Waals surface area (Å²) >= 11 is 0. The first-order valence-electron chi connectivity index (χ1n) is 6.08. The van der Waals surface area contributed by atoms with Crippen molar-refractivity contribution < 1.29 is 9.18 Å². The number of carbonyl (C=O) groups excluding carboxylic acids is 1. The fourth-order valence-corrected chi connectivity index (χ4v) is 2.24. The second kappa shape index (κ2) is 4.45. The molecule has 0 aliphatic heterocycles. The van der Waals surface area contributed by atoms with E-state index in [-0.39, 0.29) is 5.82 Å². The highest BCUT2D eigenvalue weighted by atomic mass is 19.1. The van der Waals surface area contributed by atoms with Gasteiger partial charge in [-0.3, -0.25) is 4.79 Å². The number of fused-ring (bicyclic) bond motifs is 1. The van der Waals surface area contributed by atoms with Crippen LogP contribution in [-0.2, 0) is 7.05 Å². The molecular weight excluding hydrogens is 257 g/mol. The lowest BCUT2D eigenvalue weighted by molar-refractivity contribution is 0.100. The van der Waals surface area contributed by atoms with Gasteiger partial charge in [0.2, 0.25) is 5.91 Å². The van der Waals surface area contributed by atoms with Crippen molar-refractivity contribution in [2.75, 3.05) is 0 Å². The number of primary amides is 1. The van der Waals surface area contributed by atoms with E-state index in [1.807, 2.05) is 11.6 Å². The van der Waals surface area contributed by atoms with Crippen molar-refractivity contribution in [1.82, 2.24) is 9.55 Å². The van der Waals surface area contributed by atoms with Gasteiger partial charge in [-0.05, 0) is 30.3 Å². The predicted molar refractivity (Wildman–Crippen MR) is 74.6 cm³/mol. The lowest BCUT2D eigenvalue weighted by atomic mass is 10.2. The Balaban J connectivity index is 2.22. The Morgan fingerprint density at radius 2 is 2.05 bits per heavy atom. The Hall–Kier alpha value is -2.69. The van der Waals surface area contributed by atoms with Gasteiger partial charge in [-0.1, -0.05) is 12.1 Å². The lowest BCUT2D eigenvalue weighted by Gasteiger charge is -2.02. The van der Waals surface area contributed by atoms with E-state index in [2.05, 4.69) is 4.98 Å². The molecule has 2 N–H and O–H groups in total. The summed E-state index contributed by atoms with van der Waals surface area (Å²) in [5, 5.41) is 0. The number of imidazole rings is 1. The fraction of sp³-hybridized carbons (Fsp3) is 0.0667. The highest BCUT2D eigenvalue weighted by Gasteiger charge is 2.12. The number of benzene rings is 2. The molecule has 0 saturated carbocycles. The predicted octanol–water partition coefficient (Wildman–Crippen LogP) is 2.48. The average molecular weight is 269 g/mol. The molecule has 0 unspecified atom stereocenters. The van der Waals surface area contributed by atoms with Crippen LogP contribution in [0.3, 0.4) is 0 Å². The number of nitrogens with two attached hydrogens (primary N) is 1. The van der Waals surface area contributed by atoms with E-state index < -0.39 is 5.91 Å². The van der Waals surface area contributed by atoms with Gasteiger partial charge < -0.3 is 10.3 Å². The Morgan fingerprint density at radius 3 is 2.75 bits per heavy atom. The van der Waals surface area contributed by atoms with E-state index in [0.29, 0.717) is 22.5 Å². The van der Waals surface area contributed by atoms with Gasteiger partial charge in [0.15, 0.2) is 0 Å². The third-order valence-corrected chi connectivity index (χ3v) is 3.25. The van der Waals surface area contributed by atoms with Crippen LogP contribution < -0.4 is 5.73 Å². The van der Waals surface area contributed by atoms with Crippen LogP contribution in [0.5, 0.6) is 0 Å². The van der Waals surface area contributed by atoms with Crippen LogP contribution >= 0.6 is 0 Å². The Bertz CT molecular complexity index is 823. The largest absolute Gasteiger partial charge is 0.366 e. The first kappa shape index (κ1) is 12.3. The van der Waals surface area contributed by atoms with Crippen molar-refractivity contribution in [3.05, 3.63) is 53.8 Å². The molecule has 1 amide bonds. The molecule has 0 fully saturated rings. The van der Waals surface area contributed by atoms with Crippen molar-refractivity contribution in [3.63, 3.8) is 0 Å². The van der Waals surface area contributed by atoms with Crippen LogP contribution in [0.1, 0.15) is 10.4 Å². The fourth-order valence-electron chi connectivity index (χ4n) is 2.24. The maximum Gasteiger partial charge on any atom is 0.248 e. The zero-order valence-electron chi connectivity index (χ0n) is 10.8. The molecule has 0 spiro atoms. The van der Waals surface area contributed by atoms with Gasteiger partial charge in [0.1, 0.15) is 11.6 Å². The average Bonchev–Trinajstić information content (AvgIpc) is 2.75. The van der Waals surface area contributed by atoms with Gasteiger partial charge in [-0.15, -0.1) is 0 Å². The molecule has 0 atom stereocenters. The molecule has 3 rings (SSSR count). The molecule has 5 heteroatoms. The van der Waals surface area contributed by atoms with Gasteiger partial charge in [-0.2, -0.15) is 0 Å². The first-order chi connectivity index (χ1) is 9.56. The molecule has 0 saturated heterocycles. The number of aryl methyl sites for hydroxylation is 1. The molecule has 0 aliphatic rings. The van der Waals surface area contributed by atoms with Crippen molar-refractivity contribution in [2.24, 2.45) is 12.8 Å². The van der Waals surface area contributed by atoms with Gasteiger partial charge in [0.25, 0.3) is 0 Å². The first-order valence-corrected chi connectivity index (χ1v) is 6.08. The van der Waals surface area contributed by atoms with E-state index in [1.165, 1.54) is 12.1 Å². The third-order valence-electron chi connectivity index (χ3n) is 3.25. The highest BCUT2D eigenvalue weighted by Crippen LogP contribution is 2.24. The maximum atomic E-state index is 13.3. The van der Waals surface area contributed by atoms with Crippen molar-refractivity contribution in [1.29, 1.82) is 0 Å². The van der Waals surface area contributed by atoms with Crippen LogP contribution in [0.2, 0.25) is 0 Å². The Labute approximate surface area is 114 Å². The monoisotopic (exact) mass is 269 g/mol. The molecule has 1 aromatic heterocycles.